The van der Waals surface area contributed by atoms with Crippen molar-refractivity contribution in [3.8, 4) is 0 Å². The van der Waals surface area contributed by atoms with Crippen molar-refractivity contribution in [2.24, 2.45) is 5.41 Å². The number of hydrogen-bond acceptors (Lipinski definition) is 5. The summed E-state index contributed by atoms with van der Waals surface area (Å²) in [5, 5.41) is 0. The van der Waals surface area contributed by atoms with Gasteiger partial charge in [0.25, 0.3) is 5.91 Å². The van der Waals surface area contributed by atoms with E-state index in [9.17, 15) is 9.59 Å². The van der Waals surface area contributed by atoms with E-state index in [1.807, 2.05) is 9.80 Å². The van der Waals surface area contributed by atoms with Gasteiger partial charge >= 0.3 is 0 Å². The standard InChI is InChI=1S/C17H24N4O3/c1-24-12-11-21-10-5-17(16(21)23)3-2-8-20(9-4-17)15(22)14-13-18-6-7-19-14/h6-7,13H,2-5,8-12H2,1H3/t17-/m1/s1. The van der Waals surface area contributed by atoms with Crippen LogP contribution in [0.4, 0.5) is 0 Å². The van der Waals surface area contributed by atoms with Gasteiger partial charge in [-0.25, -0.2) is 4.98 Å². The molecule has 0 unspecified atom stereocenters. The fourth-order valence-corrected chi connectivity index (χ4v) is 3.74. The number of aromatic nitrogens is 2. The molecule has 0 aromatic carbocycles. The summed E-state index contributed by atoms with van der Waals surface area (Å²) in [5.74, 6) is 0.134. The van der Waals surface area contributed by atoms with Gasteiger partial charge in [0.05, 0.1) is 18.2 Å². The van der Waals surface area contributed by atoms with Crippen LogP contribution < -0.4 is 0 Å². The number of methoxy groups -OCH3 is 1. The predicted molar refractivity (Wildman–Crippen MR) is 87.3 cm³/mol. The summed E-state index contributed by atoms with van der Waals surface area (Å²) in [6.07, 6.45) is 7.87. The molecule has 2 fully saturated rings. The number of nitrogens with zero attached hydrogens (tertiary/aromatic N) is 4. The first-order chi connectivity index (χ1) is 11.7. The van der Waals surface area contributed by atoms with Gasteiger partial charge in [-0.05, 0) is 25.7 Å². The van der Waals surface area contributed by atoms with Crippen molar-refractivity contribution in [1.82, 2.24) is 19.8 Å². The second-order valence-electron chi connectivity index (χ2n) is 6.55. The Balaban J connectivity index is 1.65. The molecule has 3 heterocycles. The van der Waals surface area contributed by atoms with E-state index in [1.54, 1.807) is 13.3 Å². The van der Waals surface area contributed by atoms with Gasteiger partial charge in [0.2, 0.25) is 5.91 Å². The van der Waals surface area contributed by atoms with Crippen LogP contribution in [0.5, 0.6) is 0 Å². The van der Waals surface area contributed by atoms with Crippen molar-refractivity contribution >= 4 is 11.8 Å². The van der Waals surface area contributed by atoms with Gasteiger partial charge in [-0.3, -0.25) is 14.6 Å². The topological polar surface area (TPSA) is 75.6 Å². The van der Waals surface area contributed by atoms with Crippen LogP contribution in [0.3, 0.4) is 0 Å². The molecule has 2 amide bonds. The number of carbonyl (C=O) groups excluding carboxylic acids is 2. The Morgan fingerprint density at radius 3 is 2.83 bits per heavy atom. The third kappa shape index (κ3) is 3.26. The molecule has 7 heteroatoms. The lowest BCUT2D eigenvalue weighted by Crippen LogP contribution is -2.38. The average molecular weight is 332 g/mol. The van der Waals surface area contributed by atoms with Crippen molar-refractivity contribution in [2.75, 3.05) is 39.9 Å². The molecule has 24 heavy (non-hydrogen) atoms. The van der Waals surface area contributed by atoms with Gasteiger partial charge in [-0.15, -0.1) is 0 Å². The van der Waals surface area contributed by atoms with E-state index in [1.165, 1.54) is 12.4 Å². The third-order valence-corrected chi connectivity index (χ3v) is 5.18. The van der Waals surface area contributed by atoms with E-state index in [0.717, 1.165) is 32.2 Å². The SMILES string of the molecule is COCCN1CC[C@]2(CCCN(C(=O)c3cnccn3)CC2)C1=O. The first kappa shape index (κ1) is 16.8. The van der Waals surface area contributed by atoms with Crippen LogP contribution in [0.15, 0.2) is 18.6 Å². The van der Waals surface area contributed by atoms with Gasteiger partial charge < -0.3 is 14.5 Å². The van der Waals surface area contributed by atoms with Crippen molar-refractivity contribution in [3.05, 3.63) is 24.3 Å². The number of amides is 2. The number of hydrogen-bond donors (Lipinski definition) is 0. The van der Waals surface area contributed by atoms with Crippen LogP contribution in [0.1, 0.15) is 36.2 Å². The maximum atomic E-state index is 12.8. The number of rotatable bonds is 4. The molecule has 130 valence electrons. The lowest BCUT2D eigenvalue weighted by Gasteiger charge is -2.26. The Hall–Kier alpha value is -2.02. The zero-order chi connectivity index (χ0) is 17.0. The molecule has 3 rings (SSSR count). The van der Waals surface area contributed by atoms with Crippen molar-refractivity contribution in [2.45, 2.75) is 25.7 Å². The summed E-state index contributed by atoms with van der Waals surface area (Å²) in [5.41, 5.74) is 0.0680. The summed E-state index contributed by atoms with van der Waals surface area (Å²) in [6, 6.07) is 0. The lowest BCUT2D eigenvalue weighted by molar-refractivity contribution is -0.137. The molecular weight excluding hydrogens is 308 g/mol. The Morgan fingerprint density at radius 1 is 1.25 bits per heavy atom. The number of likely N-dealkylation sites (tertiary alicyclic amines) is 2. The molecule has 0 saturated carbocycles. The van der Waals surface area contributed by atoms with E-state index >= 15 is 0 Å². The van der Waals surface area contributed by atoms with Crippen LogP contribution >= 0.6 is 0 Å². The van der Waals surface area contributed by atoms with Gasteiger partial charge in [0.1, 0.15) is 5.69 Å². The average Bonchev–Trinajstić information content (AvgIpc) is 2.79. The maximum absolute atomic E-state index is 12.8. The Bertz CT molecular complexity index is 595. The zero-order valence-electron chi connectivity index (χ0n) is 14.1. The molecule has 2 saturated heterocycles. The molecule has 0 radical (unpaired) electrons. The minimum Gasteiger partial charge on any atom is -0.383 e. The molecule has 1 aromatic rings. The fraction of sp³-hybridized carbons (Fsp3) is 0.647. The molecule has 2 aliphatic heterocycles. The van der Waals surface area contributed by atoms with Crippen molar-refractivity contribution < 1.29 is 14.3 Å². The van der Waals surface area contributed by atoms with Gasteiger partial charge in [0, 0.05) is 45.7 Å². The summed E-state index contributed by atoms with van der Waals surface area (Å²) >= 11 is 0. The monoisotopic (exact) mass is 332 g/mol. The highest BCUT2D eigenvalue weighted by atomic mass is 16.5. The summed E-state index contributed by atoms with van der Waals surface area (Å²) in [7, 11) is 1.65. The van der Waals surface area contributed by atoms with Crippen LogP contribution in [-0.4, -0.2) is 71.5 Å². The smallest absolute Gasteiger partial charge is 0.274 e. The van der Waals surface area contributed by atoms with E-state index in [0.29, 0.717) is 31.9 Å². The molecule has 0 N–H and O–H groups in total. The predicted octanol–water partition coefficient (Wildman–Crippen LogP) is 0.968. The third-order valence-electron chi connectivity index (χ3n) is 5.18. The number of ether oxygens (including phenoxy) is 1. The Kier molecular flexibility index (Phi) is 5.08. The van der Waals surface area contributed by atoms with Crippen molar-refractivity contribution in [3.63, 3.8) is 0 Å². The zero-order valence-corrected chi connectivity index (χ0v) is 14.1. The molecule has 0 bridgehead atoms. The second-order valence-corrected chi connectivity index (χ2v) is 6.55. The minimum atomic E-state index is -0.300. The highest BCUT2D eigenvalue weighted by Gasteiger charge is 2.47. The van der Waals surface area contributed by atoms with Gasteiger partial charge in [0.15, 0.2) is 0 Å². The number of carbonyl (C=O) groups is 2. The quantitative estimate of drug-likeness (QED) is 0.821. The van der Waals surface area contributed by atoms with Crippen LogP contribution in [0, 0.1) is 5.41 Å². The van der Waals surface area contributed by atoms with Gasteiger partial charge in [-0.2, -0.15) is 0 Å². The van der Waals surface area contributed by atoms with E-state index in [-0.39, 0.29) is 17.2 Å². The summed E-state index contributed by atoms with van der Waals surface area (Å²) < 4.78 is 5.09. The minimum absolute atomic E-state index is 0.0955. The molecule has 1 aromatic heterocycles. The normalized spacial score (nSPS) is 24.5. The highest BCUT2D eigenvalue weighted by Crippen LogP contribution is 2.41. The molecular formula is C17H24N4O3. The molecule has 1 spiro atoms. The highest BCUT2D eigenvalue weighted by molar-refractivity contribution is 5.92. The molecule has 0 aliphatic carbocycles. The maximum Gasteiger partial charge on any atom is 0.274 e. The van der Waals surface area contributed by atoms with E-state index < -0.39 is 0 Å². The Morgan fingerprint density at radius 2 is 2.08 bits per heavy atom. The summed E-state index contributed by atoms with van der Waals surface area (Å²) in [4.78, 5) is 37.2. The van der Waals surface area contributed by atoms with E-state index in [4.69, 9.17) is 4.74 Å². The molecule has 1 atom stereocenters. The molecule has 7 nitrogen and oxygen atoms in total. The molecule has 2 aliphatic rings. The van der Waals surface area contributed by atoms with Crippen LogP contribution in [0.25, 0.3) is 0 Å². The van der Waals surface area contributed by atoms with Gasteiger partial charge in [-0.1, -0.05) is 0 Å². The second kappa shape index (κ2) is 7.25. The Labute approximate surface area is 142 Å². The largest absolute Gasteiger partial charge is 0.383 e. The summed E-state index contributed by atoms with van der Waals surface area (Å²) in [6.45, 7) is 3.28. The van der Waals surface area contributed by atoms with E-state index in [2.05, 4.69) is 9.97 Å². The first-order valence-electron chi connectivity index (χ1n) is 8.50. The lowest BCUT2D eigenvalue weighted by atomic mass is 9.79. The fourth-order valence-electron chi connectivity index (χ4n) is 3.74. The van der Waals surface area contributed by atoms with Crippen LogP contribution in [0.2, 0.25) is 0 Å². The van der Waals surface area contributed by atoms with Crippen LogP contribution in [-0.2, 0) is 9.53 Å². The van der Waals surface area contributed by atoms with Crippen molar-refractivity contribution in [1.29, 1.82) is 0 Å². The first-order valence-corrected chi connectivity index (χ1v) is 8.50.